The van der Waals surface area contributed by atoms with E-state index >= 15 is 0 Å². The summed E-state index contributed by atoms with van der Waals surface area (Å²) < 4.78 is 0. The van der Waals surface area contributed by atoms with Gasteiger partial charge in [0.25, 0.3) is 5.91 Å². The lowest BCUT2D eigenvalue weighted by molar-refractivity contribution is -0.141. The predicted octanol–water partition coefficient (Wildman–Crippen LogP) is 2.59. The van der Waals surface area contributed by atoms with E-state index in [1.54, 1.807) is 12.1 Å². The largest absolute Gasteiger partial charge is 0.480 e. The molecule has 1 aliphatic carbocycles. The zero-order valence-electron chi connectivity index (χ0n) is 11.5. The summed E-state index contributed by atoms with van der Waals surface area (Å²) in [6, 6.07) is 2.52. The Kier molecular flexibility index (Phi) is 3.85. The number of halogens is 1. The molecule has 2 aliphatic rings. The van der Waals surface area contributed by atoms with Crippen LogP contribution in [0.4, 0.5) is 0 Å². The Morgan fingerprint density at radius 2 is 2.10 bits per heavy atom. The molecule has 112 valence electrons. The summed E-state index contributed by atoms with van der Waals surface area (Å²) in [5.74, 6) is -0.952. The quantitative estimate of drug-likeness (QED) is 0.853. The van der Waals surface area contributed by atoms with Crippen LogP contribution in [0.15, 0.2) is 18.3 Å². The van der Waals surface area contributed by atoms with Crippen LogP contribution in [0.2, 0.25) is 5.15 Å². The fourth-order valence-corrected chi connectivity index (χ4v) is 3.86. The maximum absolute atomic E-state index is 12.8. The van der Waals surface area contributed by atoms with Crippen LogP contribution in [0.25, 0.3) is 0 Å². The number of carbonyl (C=O) groups is 2. The first kappa shape index (κ1) is 14.3. The van der Waals surface area contributed by atoms with Crippen LogP contribution in [0.5, 0.6) is 0 Å². The number of nitrogens with zero attached hydrogens (tertiary/aromatic N) is 2. The fraction of sp³-hybridized carbons (Fsp3) is 0.533. The molecule has 1 aliphatic heterocycles. The van der Waals surface area contributed by atoms with Gasteiger partial charge in [0.2, 0.25) is 0 Å². The highest BCUT2D eigenvalue weighted by atomic mass is 35.5. The van der Waals surface area contributed by atoms with Gasteiger partial charge in [0.05, 0.1) is 5.56 Å². The number of likely N-dealkylation sites (tertiary alicyclic amines) is 1. The minimum Gasteiger partial charge on any atom is -0.480 e. The van der Waals surface area contributed by atoms with Crippen molar-refractivity contribution in [1.29, 1.82) is 0 Å². The average molecular weight is 309 g/mol. The van der Waals surface area contributed by atoms with Crippen molar-refractivity contribution in [2.24, 2.45) is 5.92 Å². The van der Waals surface area contributed by atoms with Crippen LogP contribution in [0, 0.1) is 5.92 Å². The van der Waals surface area contributed by atoms with E-state index in [1.807, 2.05) is 0 Å². The summed E-state index contributed by atoms with van der Waals surface area (Å²) in [5.41, 5.74) is 0.289. The molecule has 1 saturated carbocycles. The Balaban J connectivity index is 1.95. The normalized spacial score (nSPS) is 28.2. The van der Waals surface area contributed by atoms with Crippen molar-refractivity contribution in [3.8, 4) is 0 Å². The fourth-order valence-electron chi connectivity index (χ4n) is 3.66. The maximum Gasteiger partial charge on any atom is 0.326 e. The molecular formula is C15H17ClN2O3. The first-order valence-electron chi connectivity index (χ1n) is 7.25. The molecule has 6 heteroatoms. The molecule has 1 aromatic heterocycles. The van der Waals surface area contributed by atoms with Gasteiger partial charge in [0.15, 0.2) is 0 Å². The highest BCUT2D eigenvalue weighted by Crippen LogP contribution is 2.40. The van der Waals surface area contributed by atoms with Crippen LogP contribution in [-0.2, 0) is 4.79 Å². The number of amides is 1. The highest BCUT2D eigenvalue weighted by Gasteiger charge is 2.47. The molecule has 3 rings (SSSR count). The van der Waals surface area contributed by atoms with Gasteiger partial charge in [0.1, 0.15) is 11.2 Å². The Labute approximate surface area is 127 Å². The Hall–Kier alpha value is -1.62. The Morgan fingerprint density at radius 3 is 2.81 bits per heavy atom. The van der Waals surface area contributed by atoms with Gasteiger partial charge in [-0.15, -0.1) is 0 Å². The number of carboxylic acids is 1. The lowest BCUT2D eigenvalue weighted by Crippen LogP contribution is -2.46. The molecule has 3 atom stereocenters. The van der Waals surface area contributed by atoms with Crippen molar-refractivity contribution in [2.75, 3.05) is 0 Å². The van der Waals surface area contributed by atoms with E-state index in [0.717, 1.165) is 25.7 Å². The molecule has 0 unspecified atom stereocenters. The average Bonchev–Trinajstić information content (AvgIpc) is 2.86. The molecule has 0 spiro atoms. The minimum absolute atomic E-state index is 0.0172. The van der Waals surface area contributed by atoms with E-state index in [1.165, 1.54) is 11.1 Å². The number of hydrogen-bond acceptors (Lipinski definition) is 3. The SMILES string of the molecule is O=C(O)[C@@H]1C[C@@H]2CCCC[C@H]2N1C(=O)c1cccnc1Cl. The second kappa shape index (κ2) is 5.64. The second-order valence-electron chi connectivity index (χ2n) is 5.76. The van der Waals surface area contributed by atoms with E-state index in [2.05, 4.69) is 4.98 Å². The van der Waals surface area contributed by atoms with Crippen molar-refractivity contribution >= 4 is 23.5 Å². The summed E-state index contributed by atoms with van der Waals surface area (Å²) in [6.07, 6.45) is 6.09. The van der Waals surface area contributed by atoms with Gasteiger partial charge in [0, 0.05) is 12.2 Å². The van der Waals surface area contributed by atoms with E-state index in [0.29, 0.717) is 12.3 Å². The van der Waals surface area contributed by atoms with Crippen molar-refractivity contribution in [3.05, 3.63) is 29.0 Å². The molecule has 2 heterocycles. The topological polar surface area (TPSA) is 70.5 Å². The first-order chi connectivity index (χ1) is 10.1. The highest BCUT2D eigenvalue weighted by molar-refractivity contribution is 6.32. The van der Waals surface area contributed by atoms with Crippen molar-refractivity contribution in [1.82, 2.24) is 9.88 Å². The molecule has 0 radical (unpaired) electrons. The maximum atomic E-state index is 12.8. The molecule has 0 bridgehead atoms. The molecular weight excluding hydrogens is 292 g/mol. The molecule has 5 nitrogen and oxygen atoms in total. The zero-order chi connectivity index (χ0) is 15.0. The second-order valence-corrected chi connectivity index (χ2v) is 6.11. The number of carboxylic acid groups (broad SMARTS) is 1. The van der Waals surface area contributed by atoms with Crippen molar-refractivity contribution in [3.63, 3.8) is 0 Å². The molecule has 1 amide bonds. The van der Waals surface area contributed by atoms with Crippen LogP contribution in [0.3, 0.4) is 0 Å². The van der Waals surface area contributed by atoms with Gasteiger partial charge in [-0.2, -0.15) is 0 Å². The Morgan fingerprint density at radius 1 is 1.33 bits per heavy atom. The van der Waals surface area contributed by atoms with E-state index in [4.69, 9.17) is 11.6 Å². The Bertz CT molecular complexity index is 578. The number of pyridine rings is 1. The molecule has 21 heavy (non-hydrogen) atoms. The third-order valence-corrected chi connectivity index (χ3v) is 4.90. The standard InChI is InChI=1S/C15H17ClN2O3/c16-13-10(5-3-7-17-13)14(19)18-11-6-2-1-4-9(11)8-12(18)15(20)21/h3,5,7,9,11-12H,1-2,4,6,8H2,(H,20,21)/t9-,11+,12-/m0/s1. The van der Waals surface area contributed by atoms with Gasteiger partial charge in [-0.1, -0.05) is 24.4 Å². The van der Waals surface area contributed by atoms with Gasteiger partial charge in [-0.05, 0) is 37.3 Å². The summed E-state index contributed by atoms with van der Waals surface area (Å²) >= 11 is 5.99. The van der Waals surface area contributed by atoms with E-state index < -0.39 is 12.0 Å². The third-order valence-electron chi connectivity index (χ3n) is 4.60. The minimum atomic E-state index is -0.933. The molecule has 1 N–H and O–H groups in total. The van der Waals surface area contributed by atoms with Crippen LogP contribution < -0.4 is 0 Å². The summed E-state index contributed by atoms with van der Waals surface area (Å²) in [4.78, 5) is 29.8. The number of rotatable bonds is 2. The van der Waals surface area contributed by atoms with E-state index in [-0.39, 0.29) is 22.7 Å². The van der Waals surface area contributed by atoms with Crippen LogP contribution in [0.1, 0.15) is 42.5 Å². The van der Waals surface area contributed by atoms with Crippen LogP contribution in [-0.4, -0.2) is 39.0 Å². The lowest BCUT2D eigenvalue weighted by Gasteiger charge is -2.33. The first-order valence-corrected chi connectivity index (χ1v) is 7.63. The summed E-state index contributed by atoms with van der Waals surface area (Å²) in [7, 11) is 0. The van der Waals surface area contributed by atoms with Gasteiger partial charge < -0.3 is 10.0 Å². The lowest BCUT2D eigenvalue weighted by atomic mass is 9.84. The molecule has 1 saturated heterocycles. The zero-order valence-corrected chi connectivity index (χ0v) is 12.3. The van der Waals surface area contributed by atoms with Gasteiger partial charge in [-0.3, -0.25) is 4.79 Å². The molecule has 0 aromatic carbocycles. The number of hydrogen-bond donors (Lipinski definition) is 1. The predicted molar refractivity (Wildman–Crippen MR) is 77.2 cm³/mol. The van der Waals surface area contributed by atoms with Crippen molar-refractivity contribution < 1.29 is 14.7 Å². The van der Waals surface area contributed by atoms with Gasteiger partial charge in [-0.25, -0.2) is 9.78 Å². The van der Waals surface area contributed by atoms with Crippen molar-refractivity contribution in [2.45, 2.75) is 44.2 Å². The molecule has 1 aromatic rings. The summed E-state index contributed by atoms with van der Waals surface area (Å²) in [5, 5.41) is 9.58. The van der Waals surface area contributed by atoms with Gasteiger partial charge >= 0.3 is 5.97 Å². The van der Waals surface area contributed by atoms with Crippen LogP contribution >= 0.6 is 11.6 Å². The monoisotopic (exact) mass is 308 g/mol. The number of aliphatic carboxylic acids is 1. The molecule has 2 fully saturated rings. The van der Waals surface area contributed by atoms with E-state index in [9.17, 15) is 14.7 Å². The number of aromatic nitrogens is 1. The summed E-state index contributed by atoms with van der Waals surface area (Å²) in [6.45, 7) is 0. The number of carbonyl (C=O) groups excluding carboxylic acids is 1. The number of fused-ring (bicyclic) bond motifs is 1. The smallest absolute Gasteiger partial charge is 0.326 e. The third kappa shape index (κ3) is 2.50.